The molecule has 12 heavy (non-hydrogen) atoms. The van der Waals surface area contributed by atoms with Crippen LogP contribution in [0.15, 0.2) is 24.3 Å². The highest BCUT2D eigenvalue weighted by atomic mass is 16.6. The molecular formula is C9H9NO2. The van der Waals surface area contributed by atoms with Crippen molar-refractivity contribution in [3.63, 3.8) is 0 Å². The molecule has 0 saturated heterocycles. The molecule has 0 N–H and O–H groups in total. The first-order valence-electron chi connectivity index (χ1n) is 4.00. The minimum absolute atomic E-state index is 0.189. The highest BCUT2D eigenvalue weighted by Crippen LogP contribution is 2.32. The molecule has 62 valence electrons. The van der Waals surface area contributed by atoms with E-state index in [9.17, 15) is 10.1 Å². The van der Waals surface area contributed by atoms with Gasteiger partial charge in [0.1, 0.15) is 0 Å². The molecule has 1 aromatic carbocycles. The van der Waals surface area contributed by atoms with E-state index in [1.54, 1.807) is 0 Å². The van der Waals surface area contributed by atoms with Gasteiger partial charge in [0.15, 0.2) is 0 Å². The average molecular weight is 163 g/mol. The Morgan fingerprint density at radius 3 is 2.92 bits per heavy atom. The summed E-state index contributed by atoms with van der Waals surface area (Å²) in [4.78, 5) is 10.4. The molecule has 0 heterocycles. The lowest BCUT2D eigenvalue weighted by atomic mass is 10.1. The summed E-state index contributed by atoms with van der Waals surface area (Å²) in [6.45, 7) is 0. The van der Waals surface area contributed by atoms with Crippen LogP contribution in [0.4, 0.5) is 0 Å². The van der Waals surface area contributed by atoms with Crippen molar-refractivity contribution in [3.8, 4) is 0 Å². The van der Waals surface area contributed by atoms with Gasteiger partial charge in [0.2, 0.25) is 6.04 Å². The lowest BCUT2D eigenvalue weighted by molar-refractivity contribution is -0.528. The SMILES string of the molecule is O=[N+]([O-])C1CCc2ccccc21. The van der Waals surface area contributed by atoms with E-state index < -0.39 is 6.04 Å². The topological polar surface area (TPSA) is 43.1 Å². The molecule has 1 aromatic rings. The van der Waals surface area contributed by atoms with Crippen molar-refractivity contribution in [2.24, 2.45) is 0 Å². The minimum Gasteiger partial charge on any atom is -0.264 e. The number of hydrogen-bond donors (Lipinski definition) is 0. The van der Waals surface area contributed by atoms with Gasteiger partial charge in [-0.1, -0.05) is 24.3 Å². The summed E-state index contributed by atoms with van der Waals surface area (Å²) >= 11 is 0. The van der Waals surface area contributed by atoms with Crippen LogP contribution in [-0.2, 0) is 6.42 Å². The Morgan fingerprint density at radius 2 is 2.17 bits per heavy atom. The first kappa shape index (κ1) is 7.28. The number of rotatable bonds is 1. The van der Waals surface area contributed by atoms with Crippen molar-refractivity contribution >= 4 is 0 Å². The van der Waals surface area contributed by atoms with Crippen LogP contribution in [0.3, 0.4) is 0 Å². The molecule has 3 heteroatoms. The van der Waals surface area contributed by atoms with Gasteiger partial charge in [0.05, 0.1) is 0 Å². The standard InChI is InChI=1S/C9H9NO2/c11-10(12)9-6-5-7-3-1-2-4-8(7)9/h1-4,9H,5-6H2. The Kier molecular flexibility index (Phi) is 1.57. The van der Waals surface area contributed by atoms with Gasteiger partial charge in [-0.05, 0) is 12.0 Å². The van der Waals surface area contributed by atoms with E-state index in [0.29, 0.717) is 6.42 Å². The first-order valence-corrected chi connectivity index (χ1v) is 4.00. The minimum atomic E-state index is -0.457. The number of nitro groups is 1. The maximum Gasteiger partial charge on any atom is 0.238 e. The van der Waals surface area contributed by atoms with Crippen molar-refractivity contribution in [1.29, 1.82) is 0 Å². The fourth-order valence-corrected chi connectivity index (χ4v) is 1.75. The Labute approximate surface area is 70.2 Å². The Morgan fingerprint density at radius 1 is 1.42 bits per heavy atom. The third kappa shape index (κ3) is 0.978. The molecule has 0 radical (unpaired) electrons. The highest BCUT2D eigenvalue weighted by molar-refractivity contribution is 5.32. The average Bonchev–Trinajstić information content (AvgIpc) is 2.47. The molecule has 0 aromatic heterocycles. The molecule has 3 nitrogen and oxygen atoms in total. The normalized spacial score (nSPS) is 20.5. The Balaban J connectivity index is 2.42. The molecule has 0 bridgehead atoms. The van der Waals surface area contributed by atoms with E-state index in [1.165, 1.54) is 0 Å². The summed E-state index contributed by atoms with van der Waals surface area (Å²) in [5.74, 6) is 0. The van der Waals surface area contributed by atoms with E-state index in [1.807, 2.05) is 24.3 Å². The maximum absolute atomic E-state index is 10.6. The molecule has 1 aliphatic carbocycles. The fraction of sp³-hybridized carbons (Fsp3) is 0.333. The summed E-state index contributed by atoms with van der Waals surface area (Å²) in [5.41, 5.74) is 2.04. The molecule has 1 unspecified atom stereocenters. The second kappa shape index (κ2) is 2.59. The maximum atomic E-state index is 10.6. The van der Waals surface area contributed by atoms with Crippen molar-refractivity contribution in [2.45, 2.75) is 18.9 Å². The van der Waals surface area contributed by atoms with Crippen molar-refractivity contribution in [3.05, 3.63) is 45.5 Å². The van der Waals surface area contributed by atoms with Crippen LogP contribution < -0.4 is 0 Å². The summed E-state index contributed by atoms with van der Waals surface area (Å²) in [6, 6.07) is 7.16. The second-order valence-electron chi connectivity index (χ2n) is 3.04. The predicted octanol–water partition coefficient (Wildman–Crippen LogP) is 1.95. The molecule has 0 aliphatic heterocycles. The number of hydrogen-bond acceptors (Lipinski definition) is 2. The van der Waals surface area contributed by atoms with E-state index in [-0.39, 0.29) is 4.92 Å². The molecule has 0 fully saturated rings. The van der Waals surface area contributed by atoms with Crippen molar-refractivity contribution in [1.82, 2.24) is 0 Å². The Bertz CT molecular complexity index is 322. The van der Waals surface area contributed by atoms with E-state index in [4.69, 9.17) is 0 Å². The third-order valence-electron chi connectivity index (χ3n) is 2.36. The first-order chi connectivity index (χ1) is 5.79. The zero-order chi connectivity index (χ0) is 8.55. The second-order valence-corrected chi connectivity index (χ2v) is 3.04. The molecule has 0 amide bonds. The van der Waals surface area contributed by atoms with E-state index >= 15 is 0 Å². The van der Waals surface area contributed by atoms with Gasteiger partial charge >= 0.3 is 0 Å². The molecule has 1 aliphatic rings. The van der Waals surface area contributed by atoms with Crippen LogP contribution in [0.25, 0.3) is 0 Å². The molecule has 2 rings (SSSR count). The van der Waals surface area contributed by atoms with Gasteiger partial charge in [-0.15, -0.1) is 0 Å². The molecule has 0 spiro atoms. The quantitative estimate of drug-likeness (QED) is 0.469. The van der Waals surface area contributed by atoms with Gasteiger partial charge < -0.3 is 0 Å². The highest BCUT2D eigenvalue weighted by Gasteiger charge is 2.30. The van der Waals surface area contributed by atoms with Crippen molar-refractivity contribution in [2.75, 3.05) is 0 Å². The van der Waals surface area contributed by atoms with Gasteiger partial charge in [-0.2, -0.15) is 0 Å². The largest absolute Gasteiger partial charge is 0.264 e. The van der Waals surface area contributed by atoms with Gasteiger partial charge in [-0.25, -0.2) is 0 Å². The van der Waals surface area contributed by atoms with Gasteiger partial charge in [-0.3, -0.25) is 10.1 Å². The van der Waals surface area contributed by atoms with Crippen LogP contribution in [0.2, 0.25) is 0 Å². The zero-order valence-electron chi connectivity index (χ0n) is 6.56. The monoisotopic (exact) mass is 163 g/mol. The van der Waals surface area contributed by atoms with E-state index in [2.05, 4.69) is 0 Å². The lowest BCUT2D eigenvalue weighted by Crippen LogP contribution is -2.05. The van der Waals surface area contributed by atoms with Gasteiger partial charge in [0, 0.05) is 16.9 Å². The zero-order valence-corrected chi connectivity index (χ0v) is 6.56. The van der Waals surface area contributed by atoms with Crippen LogP contribution in [0, 0.1) is 10.1 Å². The summed E-state index contributed by atoms with van der Waals surface area (Å²) in [5, 5.41) is 10.6. The molecule has 0 saturated carbocycles. The summed E-state index contributed by atoms with van der Waals surface area (Å²) < 4.78 is 0. The summed E-state index contributed by atoms with van der Waals surface area (Å²) in [7, 11) is 0. The number of benzene rings is 1. The van der Waals surface area contributed by atoms with Crippen LogP contribution in [0.5, 0.6) is 0 Å². The summed E-state index contributed by atoms with van der Waals surface area (Å²) in [6.07, 6.45) is 1.51. The van der Waals surface area contributed by atoms with E-state index in [0.717, 1.165) is 17.5 Å². The molecule has 1 atom stereocenters. The van der Waals surface area contributed by atoms with Crippen molar-refractivity contribution < 1.29 is 4.92 Å². The van der Waals surface area contributed by atoms with Crippen LogP contribution in [-0.4, -0.2) is 4.92 Å². The lowest BCUT2D eigenvalue weighted by Gasteiger charge is -2.01. The smallest absolute Gasteiger partial charge is 0.238 e. The number of nitrogens with zero attached hydrogens (tertiary/aromatic N) is 1. The van der Waals surface area contributed by atoms with Crippen LogP contribution >= 0.6 is 0 Å². The molecular weight excluding hydrogens is 154 g/mol. The van der Waals surface area contributed by atoms with Gasteiger partial charge in [0.25, 0.3) is 0 Å². The third-order valence-corrected chi connectivity index (χ3v) is 2.36. The number of fused-ring (bicyclic) bond motifs is 1. The van der Waals surface area contributed by atoms with Crippen LogP contribution in [0.1, 0.15) is 23.6 Å². The number of aryl methyl sites for hydroxylation is 1. The predicted molar refractivity (Wildman–Crippen MR) is 44.5 cm³/mol. The fourth-order valence-electron chi connectivity index (χ4n) is 1.75. The Hall–Kier alpha value is -1.38.